The summed E-state index contributed by atoms with van der Waals surface area (Å²) in [7, 11) is 1.05. The number of phenols is 1. The zero-order valence-electron chi connectivity index (χ0n) is 7.93. The van der Waals surface area contributed by atoms with Crippen LogP contribution in [0.2, 0.25) is 0 Å². The number of methoxy groups -OCH3 is 1. The maximum atomic E-state index is 13.3. The molecule has 0 aliphatic carbocycles. The second-order valence-corrected chi connectivity index (χ2v) is 2.70. The first kappa shape index (κ1) is 11.7. The number of carboxylic acids is 1. The molecule has 1 aromatic carbocycles. The highest BCUT2D eigenvalue weighted by Gasteiger charge is 2.30. The van der Waals surface area contributed by atoms with Crippen molar-refractivity contribution in [3.8, 4) is 11.5 Å². The highest BCUT2D eigenvalue weighted by Crippen LogP contribution is 2.37. The summed E-state index contributed by atoms with van der Waals surface area (Å²) in [6.07, 6.45) is 0. The Bertz CT molecular complexity index is 472. The van der Waals surface area contributed by atoms with Crippen LogP contribution in [0.5, 0.6) is 11.5 Å². The second kappa shape index (κ2) is 4.01. The quantitative estimate of drug-likeness (QED) is 0.596. The Kier molecular flexibility index (Phi) is 2.93. The average Bonchev–Trinajstić information content (AvgIpc) is 2.20. The molecule has 0 saturated carbocycles. The van der Waals surface area contributed by atoms with E-state index in [1.807, 2.05) is 0 Å². The van der Waals surface area contributed by atoms with Crippen LogP contribution < -0.4 is 4.74 Å². The Morgan fingerprint density at radius 2 is 2.19 bits per heavy atom. The summed E-state index contributed by atoms with van der Waals surface area (Å²) in [5, 5.41) is 28.2. The number of hydrogen-bond acceptors (Lipinski definition) is 5. The van der Waals surface area contributed by atoms with Gasteiger partial charge in [0.2, 0.25) is 0 Å². The Morgan fingerprint density at radius 1 is 1.62 bits per heavy atom. The van der Waals surface area contributed by atoms with Crippen LogP contribution in [0.4, 0.5) is 10.1 Å². The van der Waals surface area contributed by atoms with Gasteiger partial charge in [0.25, 0.3) is 5.69 Å². The average molecular weight is 231 g/mol. The van der Waals surface area contributed by atoms with Crippen LogP contribution in [0.15, 0.2) is 6.07 Å². The predicted molar refractivity (Wildman–Crippen MR) is 48.2 cm³/mol. The van der Waals surface area contributed by atoms with Gasteiger partial charge in [0.05, 0.1) is 18.1 Å². The number of hydrogen-bond donors (Lipinski definition) is 2. The zero-order chi connectivity index (χ0) is 12.5. The topological polar surface area (TPSA) is 110 Å². The molecule has 1 aromatic rings. The smallest absolute Gasteiger partial charge is 0.345 e. The number of nitro benzene ring substituents is 1. The van der Waals surface area contributed by atoms with E-state index in [9.17, 15) is 19.3 Å². The molecule has 0 spiro atoms. The van der Waals surface area contributed by atoms with Crippen molar-refractivity contribution in [1.29, 1.82) is 0 Å². The number of ether oxygens (including phenoxy) is 1. The number of carbonyl (C=O) groups is 1. The Hall–Kier alpha value is -2.38. The van der Waals surface area contributed by atoms with E-state index in [2.05, 4.69) is 4.74 Å². The lowest BCUT2D eigenvalue weighted by Gasteiger charge is -2.06. The third-order valence-corrected chi connectivity index (χ3v) is 1.82. The van der Waals surface area contributed by atoms with Crippen molar-refractivity contribution in [2.24, 2.45) is 0 Å². The maximum absolute atomic E-state index is 13.3. The first-order valence-corrected chi connectivity index (χ1v) is 3.87. The number of rotatable bonds is 3. The van der Waals surface area contributed by atoms with Crippen molar-refractivity contribution in [2.45, 2.75) is 0 Å². The van der Waals surface area contributed by atoms with Gasteiger partial charge in [-0.2, -0.15) is 0 Å². The number of aromatic carboxylic acids is 1. The van der Waals surface area contributed by atoms with E-state index in [-0.39, 0.29) is 0 Å². The first-order chi connectivity index (χ1) is 7.40. The minimum Gasteiger partial charge on any atom is -0.502 e. The maximum Gasteiger partial charge on any atom is 0.345 e. The summed E-state index contributed by atoms with van der Waals surface area (Å²) in [5.41, 5.74) is -2.19. The Labute approximate surface area is 87.8 Å². The lowest BCUT2D eigenvalue weighted by Crippen LogP contribution is -2.07. The Morgan fingerprint density at radius 3 is 2.56 bits per heavy atom. The van der Waals surface area contributed by atoms with E-state index in [0.29, 0.717) is 6.07 Å². The fraction of sp³-hybridized carbons (Fsp3) is 0.125. The van der Waals surface area contributed by atoms with Crippen molar-refractivity contribution in [3.63, 3.8) is 0 Å². The molecule has 0 aliphatic rings. The van der Waals surface area contributed by atoms with Crippen molar-refractivity contribution in [2.75, 3.05) is 7.11 Å². The molecule has 1 rings (SSSR count). The van der Waals surface area contributed by atoms with E-state index >= 15 is 0 Å². The normalized spacial score (nSPS) is 9.88. The van der Waals surface area contributed by atoms with Gasteiger partial charge >= 0.3 is 5.97 Å². The van der Waals surface area contributed by atoms with E-state index in [1.165, 1.54) is 0 Å². The molecule has 8 heteroatoms. The second-order valence-electron chi connectivity index (χ2n) is 2.70. The lowest BCUT2D eigenvalue weighted by atomic mass is 10.1. The van der Waals surface area contributed by atoms with E-state index < -0.39 is 39.5 Å². The van der Waals surface area contributed by atoms with Crippen LogP contribution in [0.25, 0.3) is 0 Å². The van der Waals surface area contributed by atoms with Gasteiger partial charge in [-0.05, 0) is 0 Å². The van der Waals surface area contributed by atoms with Crippen LogP contribution in [-0.2, 0) is 0 Å². The lowest BCUT2D eigenvalue weighted by molar-refractivity contribution is -0.385. The van der Waals surface area contributed by atoms with E-state index in [0.717, 1.165) is 7.11 Å². The molecule has 16 heavy (non-hydrogen) atoms. The standard InChI is InChI=1S/C8H6FNO6/c1-16-4-2-3(10(14)15)5(8(12)13)6(9)7(4)11/h2,11H,1H3,(H,12,13). The van der Waals surface area contributed by atoms with Gasteiger partial charge in [0, 0.05) is 0 Å². The van der Waals surface area contributed by atoms with Gasteiger partial charge in [-0.3, -0.25) is 10.1 Å². The number of aromatic hydroxyl groups is 1. The SMILES string of the molecule is COc1cc([N+](=O)[O-])c(C(=O)O)c(F)c1O. The highest BCUT2D eigenvalue weighted by atomic mass is 19.1. The van der Waals surface area contributed by atoms with Gasteiger partial charge < -0.3 is 14.9 Å². The number of nitro groups is 1. The minimum atomic E-state index is -1.85. The molecular weight excluding hydrogens is 225 g/mol. The third kappa shape index (κ3) is 1.72. The molecule has 0 atom stereocenters. The summed E-state index contributed by atoms with van der Waals surface area (Å²) >= 11 is 0. The molecule has 2 N–H and O–H groups in total. The fourth-order valence-corrected chi connectivity index (χ4v) is 1.11. The number of phenolic OH excluding ortho intramolecular Hbond substituents is 1. The monoisotopic (exact) mass is 231 g/mol. The molecule has 0 fully saturated rings. The minimum absolute atomic E-state index is 0.505. The van der Waals surface area contributed by atoms with E-state index in [4.69, 9.17) is 10.2 Å². The van der Waals surface area contributed by atoms with Gasteiger partial charge in [-0.25, -0.2) is 9.18 Å². The van der Waals surface area contributed by atoms with Crippen LogP contribution in [0.1, 0.15) is 10.4 Å². The van der Waals surface area contributed by atoms with Crippen LogP contribution in [-0.4, -0.2) is 28.2 Å². The van der Waals surface area contributed by atoms with Crippen molar-refractivity contribution >= 4 is 11.7 Å². The predicted octanol–water partition coefficient (Wildman–Crippen LogP) is 1.15. The zero-order valence-corrected chi connectivity index (χ0v) is 7.93. The molecule has 0 amide bonds. The highest BCUT2D eigenvalue weighted by molar-refractivity contribution is 5.93. The van der Waals surface area contributed by atoms with Crippen LogP contribution >= 0.6 is 0 Å². The number of halogens is 1. The molecule has 0 aliphatic heterocycles. The van der Waals surface area contributed by atoms with Gasteiger partial charge in [-0.1, -0.05) is 0 Å². The summed E-state index contributed by atoms with van der Waals surface area (Å²) < 4.78 is 17.8. The molecule has 0 heterocycles. The summed E-state index contributed by atoms with van der Waals surface area (Å²) in [6.45, 7) is 0. The number of carboxylic acid groups (broad SMARTS) is 1. The largest absolute Gasteiger partial charge is 0.502 e. The summed E-state index contributed by atoms with van der Waals surface area (Å²) in [5.74, 6) is -5.03. The van der Waals surface area contributed by atoms with Crippen molar-refractivity contribution in [1.82, 2.24) is 0 Å². The molecule has 0 aromatic heterocycles. The molecular formula is C8H6FNO6. The molecule has 86 valence electrons. The Balaban J connectivity index is 3.65. The molecule has 0 radical (unpaired) electrons. The summed E-state index contributed by atoms with van der Waals surface area (Å²) in [6, 6.07) is 0.641. The molecule has 7 nitrogen and oxygen atoms in total. The van der Waals surface area contributed by atoms with Crippen LogP contribution in [0.3, 0.4) is 0 Å². The summed E-state index contributed by atoms with van der Waals surface area (Å²) in [4.78, 5) is 20.0. The van der Waals surface area contributed by atoms with Crippen molar-refractivity contribution < 1.29 is 29.1 Å². The van der Waals surface area contributed by atoms with Gasteiger partial charge in [0.1, 0.15) is 0 Å². The van der Waals surface area contributed by atoms with Crippen molar-refractivity contribution in [3.05, 3.63) is 27.6 Å². The molecule has 0 unspecified atom stereocenters. The van der Waals surface area contributed by atoms with Gasteiger partial charge in [-0.15, -0.1) is 0 Å². The number of benzene rings is 1. The van der Waals surface area contributed by atoms with Gasteiger partial charge in [0.15, 0.2) is 22.9 Å². The first-order valence-electron chi connectivity index (χ1n) is 3.87. The molecule has 0 bridgehead atoms. The third-order valence-electron chi connectivity index (χ3n) is 1.82. The molecule has 0 saturated heterocycles. The van der Waals surface area contributed by atoms with E-state index in [1.54, 1.807) is 0 Å². The number of nitrogens with zero attached hydrogens (tertiary/aromatic N) is 1. The van der Waals surface area contributed by atoms with Crippen LogP contribution in [0, 0.1) is 15.9 Å². The fourth-order valence-electron chi connectivity index (χ4n) is 1.11.